The largest absolute Gasteiger partial charge is 0.0623 e. The van der Waals surface area contributed by atoms with E-state index in [0.29, 0.717) is 5.41 Å². The lowest BCUT2D eigenvalue weighted by atomic mass is 9.84. The maximum atomic E-state index is 3.67. The lowest BCUT2D eigenvalue weighted by Gasteiger charge is -2.22. The Labute approximate surface area is 68.7 Å². The Morgan fingerprint density at radius 2 is 1.11 bits per heavy atom. The first-order valence-corrected chi connectivity index (χ1v) is 4.44. The molecule has 0 aliphatic rings. The fourth-order valence-corrected chi connectivity index (χ4v) is 0. The van der Waals surface area contributed by atoms with Gasteiger partial charge in [-0.1, -0.05) is 34.6 Å². The van der Waals surface area contributed by atoms with E-state index >= 15 is 0 Å². The van der Waals surface area contributed by atoms with Gasteiger partial charge in [-0.25, -0.2) is 0 Å². The van der Waals surface area contributed by atoms with Gasteiger partial charge in [0.05, 0.1) is 0 Å². The lowest BCUT2D eigenvalue weighted by molar-refractivity contribution is 0.283. The minimum absolute atomic E-state index is 0.500. The van der Waals surface area contributed by atoms with Crippen LogP contribution in [0.15, 0.2) is 0 Å². The van der Waals surface area contributed by atoms with Crippen LogP contribution < -0.4 is 0 Å². The van der Waals surface area contributed by atoms with Crippen LogP contribution in [0.2, 0.25) is 0 Å². The van der Waals surface area contributed by atoms with Gasteiger partial charge >= 0.3 is 0 Å². The molecule has 56 valence electrons. The van der Waals surface area contributed by atoms with Crippen molar-refractivity contribution in [2.24, 2.45) is 11.3 Å². The van der Waals surface area contributed by atoms with Gasteiger partial charge in [0.25, 0.3) is 0 Å². The predicted molar refractivity (Wildman–Crippen MR) is 49.0 cm³/mol. The van der Waals surface area contributed by atoms with Crippen molar-refractivity contribution in [3.63, 3.8) is 0 Å². The van der Waals surface area contributed by atoms with Gasteiger partial charge in [0, 0.05) is 22.4 Å². The standard InChI is InChI=1S/C7H16.S2/c1-6(2)7(3,4)5;1-2/h6H,1-5H3;. The molecule has 2 heteroatoms. The van der Waals surface area contributed by atoms with Crippen LogP contribution in [0.1, 0.15) is 34.6 Å². The molecular weight excluding hydrogens is 148 g/mol. The highest BCUT2D eigenvalue weighted by atomic mass is 32.8. The molecule has 0 fully saturated rings. The summed E-state index contributed by atoms with van der Waals surface area (Å²) in [7, 11) is 0. The molecule has 9 heavy (non-hydrogen) atoms. The molecule has 0 saturated carbocycles. The molecule has 0 saturated heterocycles. The zero-order chi connectivity index (χ0) is 8.08. The maximum Gasteiger partial charge on any atom is 0 e. The Morgan fingerprint density at radius 3 is 1.11 bits per heavy atom. The monoisotopic (exact) mass is 164 g/mol. The first-order valence-electron chi connectivity index (χ1n) is 3.11. The van der Waals surface area contributed by atoms with Crippen molar-refractivity contribution in [3.05, 3.63) is 0 Å². The van der Waals surface area contributed by atoms with Gasteiger partial charge in [0.15, 0.2) is 0 Å². The molecule has 0 bridgehead atoms. The summed E-state index contributed by atoms with van der Waals surface area (Å²) in [5.74, 6) is 0.799. The maximum absolute atomic E-state index is 3.67. The zero-order valence-corrected chi connectivity index (χ0v) is 8.53. The second-order valence-corrected chi connectivity index (χ2v) is 3.52. The molecule has 0 heterocycles. The van der Waals surface area contributed by atoms with Crippen molar-refractivity contribution >= 4 is 22.4 Å². The molecule has 0 radical (unpaired) electrons. The lowest BCUT2D eigenvalue weighted by Crippen LogP contribution is -2.12. The van der Waals surface area contributed by atoms with Gasteiger partial charge in [-0.2, -0.15) is 0 Å². The van der Waals surface area contributed by atoms with Crippen molar-refractivity contribution in [1.29, 1.82) is 0 Å². The van der Waals surface area contributed by atoms with Crippen molar-refractivity contribution in [2.45, 2.75) is 34.6 Å². The third-order valence-corrected chi connectivity index (χ3v) is 1.73. The van der Waals surface area contributed by atoms with Crippen molar-refractivity contribution < 1.29 is 0 Å². The topological polar surface area (TPSA) is 0 Å². The van der Waals surface area contributed by atoms with Crippen LogP contribution in [0.4, 0.5) is 0 Å². The molecule has 0 rings (SSSR count). The fraction of sp³-hybridized carbons (Fsp3) is 1.00. The highest BCUT2D eigenvalue weighted by Gasteiger charge is 2.13. The molecule has 0 aromatic rings. The van der Waals surface area contributed by atoms with E-state index in [0.717, 1.165) is 5.92 Å². The van der Waals surface area contributed by atoms with Gasteiger partial charge in [0.1, 0.15) is 0 Å². The van der Waals surface area contributed by atoms with Crippen LogP contribution in [0.3, 0.4) is 0 Å². The molecule has 0 aromatic heterocycles. The highest BCUT2D eigenvalue weighted by molar-refractivity contribution is 8.07. The Morgan fingerprint density at radius 1 is 1.00 bits per heavy atom. The Hall–Kier alpha value is 0.440. The van der Waals surface area contributed by atoms with Crippen LogP contribution in [-0.2, 0) is 22.4 Å². The quantitative estimate of drug-likeness (QED) is 0.540. The zero-order valence-electron chi connectivity index (χ0n) is 6.89. The van der Waals surface area contributed by atoms with E-state index < -0.39 is 0 Å². The van der Waals surface area contributed by atoms with Crippen LogP contribution in [0, 0.1) is 11.3 Å². The van der Waals surface area contributed by atoms with Gasteiger partial charge in [-0.05, 0) is 11.3 Å². The summed E-state index contributed by atoms with van der Waals surface area (Å²) in [5, 5.41) is 0. The normalized spacial score (nSPS) is 10.4. The fourth-order valence-electron chi connectivity index (χ4n) is 0. The molecule has 0 aliphatic heterocycles. The average molecular weight is 164 g/mol. The summed E-state index contributed by atoms with van der Waals surface area (Å²) in [6.45, 7) is 11.3. The summed E-state index contributed by atoms with van der Waals surface area (Å²) in [5.41, 5.74) is 0.500. The molecule has 0 nitrogen and oxygen atoms in total. The Bertz CT molecular complexity index is 61.8. The van der Waals surface area contributed by atoms with E-state index in [1.807, 2.05) is 0 Å². The first kappa shape index (κ1) is 12.1. The summed E-state index contributed by atoms with van der Waals surface area (Å²) in [4.78, 5) is 0. The SMILES string of the molecule is CC(C)C(C)(C)C.S=S. The van der Waals surface area contributed by atoms with E-state index in [4.69, 9.17) is 0 Å². The number of hydrogen-bond donors (Lipinski definition) is 0. The van der Waals surface area contributed by atoms with Crippen LogP contribution in [0.25, 0.3) is 0 Å². The van der Waals surface area contributed by atoms with Crippen LogP contribution >= 0.6 is 0 Å². The number of hydrogen-bond acceptors (Lipinski definition) is 2. The van der Waals surface area contributed by atoms with E-state index in [1.54, 1.807) is 0 Å². The molecule has 0 unspecified atom stereocenters. The molecule has 0 amide bonds. The van der Waals surface area contributed by atoms with Gasteiger partial charge in [0.2, 0.25) is 0 Å². The van der Waals surface area contributed by atoms with Crippen molar-refractivity contribution in [2.75, 3.05) is 0 Å². The molecule has 0 N–H and O–H groups in total. The minimum Gasteiger partial charge on any atom is -0.0623 e. The van der Waals surface area contributed by atoms with Crippen molar-refractivity contribution in [3.8, 4) is 0 Å². The molecule has 0 aromatic carbocycles. The van der Waals surface area contributed by atoms with Gasteiger partial charge < -0.3 is 0 Å². The molecule has 0 atom stereocenters. The Balaban J connectivity index is 0. The predicted octanol–water partition coefficient (Wildman–Crippen LogP) is 2.68. The first-order chi connectivity index (χ1) is 3.94. The second-order valence-electron chi connectivity index (χ2n) is 3.52. The minimum atomic E-state index is 0.500. The highest BCUT2D eigenvalue weighted by Crippen LogP contribution is 2.23. The number of rotatable bonds is 0. The Kier molecular flexibility index (Phi) is 7.08. The van der Waals surface area contributed by atoms with E-state index in [2.05, 4.69) is 57.0 Å². The molecule has 0 aliphatic carbocycles. The smallest absolute Gasteiger partial charge is 0 e. The van der Waals surface area contributed by atoms with E-state index in [-0.39, 0.29) is 0 Å². The van der Waals surface area contributed by atoms with Crippen LogP contribution in [-0.4, -0.2) is 0 Å². The average Bonchev–Trinajstić information content (AvgIpc) is 1.69. The molecule has 0 spiro atoms. The van der Waals surface area contributed by atoms with E-state index in [9.17, 15) is 0 Å². The summed E-state index contributed by atoms with van der Waals surface area (Å²) in [6.07, 6.45) is 0. The van der Waals surface area contributed by atoms with Gasteiger partial charge in [-0.15, -0.1) is 0 Å². The second kappa shape index (κ2) is 5.24. The van der Waals surface area contributed by atoms with E-state index in [1.165, 1.54) is 0 Å². The summed E-state index contributed by atoms with van der Waals surface area (Å²) < 4.78 is 0. The van der Waals surface area contributed by atoms with Crippen molar-refractivity contribution in [1.82, 2.24) is 0 Å². The van der Waals surface area contributed by atoms with Crippen LogP contribution in [0.5, 0.6) is 0 Å². The third-order valence-electron chi connectivity index (χ3n) is 1.73. The summed E-state index contributed by atoms with van der Waals surface area (Å²) in [6, 6.07) is 0. The van der Waals surface area contributed by atoms with Gasteiger partial charge in [-0.3, -0.25) is 0 Å². The molecular formula is C7H16S2. The third kappa shape index (κ3) is 8.44. The summed E-state index contributed by atoms with van der Waals surface area (Å²) >= 11 is 7.33.